The van der Waals surface area contributed by atoms with Crippen LogP contribution in [0.2, 0.25) is 0 Å². The van der Waals surface area contributed by atoms with Crippen molar-refractivity contribution in [2.45, 2.75) is 19.5 Å². The lowest BCUT2D eigenvalue weighted by molar-refractivity contribution is -0.134. The molecule has 1 saturated heterocycles. The number of rotatable bonds is 4. The topological polar surface area (TPSA) is 58.6 Å². The molecule has 3 rings (SSSR count). The van der Waals surface area contributed by atoms with Gasteiger partial charge in [-0.1, -0.05) is 18.2 Å². The summed E-state index contributed by atoms with van der Waals surface area (Å²) in [6.07, 6.45) is 5.21. The maximum absolute atomic E-state index is 12.1. The van der Waals surface area contributed by atoms with Crippen molar-refractivity contribution < 1.29 is 9.53 Å². The van der Waals surface area contributed by atoms with Gasteiger partial charge < -0.3 is 9.64 Å². The monoisotopic (exact) mass is 326 g/mol. The number of carbonyl (C=O) groups is 1. The fourth-order valence-corrected chi connectivity index (χ4v) is 3.24. The van der Waals surface area contributed by atoms with Gasteiger partial charge in [0.15, 0.2) is 0 Å². The molecule has 2 heterocycles. The molecule has 24 heavy (non-hydrogen) atoms. The van der Waals surface area contributed by atoms with E-state index in [0.29, 0.717) is 6.54 Å². The van der Waals surface area contributed by atoms with Crippen LogP contribution in [0.15, 0.2) is 43.0 Å². The van der Waals surface area contributed by atoms with Crippen LogP contribution in [0.5, 0.6) is 5.75 Å². The number of nitrogens with zero attached hydrogens (tertiary/aromatic N) is 4. The van der Waals surface area contributed by atoms with Crippen molar-refractivity contribution >= 4 is 5.91 Å². The third kappa shape index (κ3) is 3.54. The summed E-state index contributed by atoms with van der Waals surface area (Å²) < 4.78 is 5.50. The van der Waals surface area contributed by atoms with E-state index in [2.05, 4.69) is 14.9 Å². The van der Waals surface area contributed by atoms with E-state index in [-0.39, 0.29) is 11.9 Å². The summed E-state index contributed by atoms with van der Waals surface area (Å²) in [4.78, 5) is 24.5. The Hall–Kier alpha value is -2.47. The van der Waals surface area contributed by atoms with Crippen LogP contribution in [0.3, 0.4) is 0 Å². The number of carbonyl (C=O) groups excluding carboxylic acids is 1. The van der Waals surface area contributed by atoms with E-state index in [4.69, 9.17) is 4.74 Å². The van der Waals surface area contributed by atoms with Gasteiger partial charge in [-0.05, 0) is 6.07 Å². The quantitative estimate of drug-likeness (QED) is 0.859. The molecule has 1 aromatic carbocycles. The molecule has 1 aromatic heterocycles. The largest absolute Gasteiger partial charge is 0.496 e. The van der Waals surface area contributed by atoms with Gasteiger partial charge in [-0.15, -0.1) is 0 Å². The van der Waals surface area contributed by atoms with Gasteiger partial charge in [0.05, 0.1) is 13.2 Å². The summed E-state index contributed by atoms with van der Waals surface area (Å²) in [5.74, 6) is 0.909. The van der Waals surface area contributed by atoms with Gasteiger partial charge in [-0.25, -0.2) is 9.97 Å². The number of hydrogen-bond acceptors (Lipinski definition) is 5. The Kier molecular flexibility index (Phi) is 5.05. The molecule has 0 bridgehead atoms. The summed E-state index contributed by atoms with van der Waals surface area (Å²) in [6, 6.07) is 7.89. The van der Waals surface area contributed by atoms with Crippen molar-refractivity contribution in [1.82, 2.24) is 19.8 Å². The van der Waals surface area contributed by atoms with Crippen LogP contribution >= 0.6 is 0 Å². The van der Waals surface area contributed by atoms with Crippen LogP contribution in [-0.4, -0.2) is 52.4 Å². The minimum Gasteiger partial charge on any atom is -0.496 e. The molecule has 1 aliphatic heterocycles. The number of methoxy groups -OCH3 is 1. The van der Waals surface area contributed by atoms with Crippen LogP contribution < -0.4 is 4.74 Å². The van der Waals surface area contributed by atoms with E-state index in [1.54, 1.807) is 14.0 Å². The van der Waals surface area contributed by atoms with E-state index in [0.717, 1.165) is 36.5 Å². The Morgan fingerprint density at radius 3 is 2.71 bits per heavy atom. The fourth-order valence-electron chi connectivity index (χ4n) is 3.24. The number of ether oxygens (including phenoxy) is 1. The average Bonchev–Trinajstić information content (AvgIpc) is 2.62. The molecular weight excluding hydrogens is 304 g/mol. The minimum absolute atomic E-state index is 0.0166. The van der Waals surface area contributed by atoms with Crippen molar-refractivity contribution in [3.8, 4) is 5.75 Å². The second-order valence-corrected chi connectivity index (χ2v) is 5.95. The fraction of sp³-hybridized carbons (Fsp3) is 0.389. The van der Waals surface area contributed by atoms with Crippen molar-refractivity contribution in [3.05, 3.63) is 54.1 Å². The molecule has 0 radical (unpaired) electrons. The van der Waals surface area contributed by atoms with Gasteiger partial charge in [-0.2, -0.15) is 0 Å². The summed E-state index contributed by atoms with van der Waals surface area (Å²) in [5.41, 5.74) is 2.12. The van der Waals surface area contributed by atoms with Gasteiger partial charge in [0.25, 0.3) is 0 Å². The number of benzene rings is 1. The molecule has 126 valence electrons. The lowest BCUT2D eigenvalue weighted by Gasteiger charge is -2.41. The Morgan fingerprint density at radius 2 is 2.00 bits per heavy atom. The van der Waals surface area contributed by atoms with Crippen LogP contribution in [0, 0.1) is 0 Å². The molecule has 1 atom stereocenters. The van der Waals surface area contributed by atoms with Gasteiger partial charge in [-0.3, -0.25) is 9.69 Å². The Balaban J connectivity index is 1.83. The van der Waals surface area contributed by atoms with E-state index in [1.807, 2.05) is 41.6 Å². The third-order valence-electron chi connectivity index (χ3n) is 4.39. The van der Waals surface area contributed by atoms with E-state index in [1.165, 1.54) is 6.33 Å². The molecule has 1 aliphatic rings. The first-order chi connectivity index (χ1) is 11.7. The zero-order chi connectivity index (χ0) is 16.9. The summed E-state index contributed by atoms with van der Waals surface area (Å²) in [7, 11) is 1.67. The molecule has 1 fully saturated rings. The molecular formula is C18H22N4O2. The lowest BCUT2D eigenvalue weighted by atomic mass is 10.0. The summed E-state index contributed by atoms with van der Waals surface area (Å²) >= 11 is 0. The first-order valence-electron chi connectivity index (χ1n) is 8.05. The first-order valence-corrected chi connectivity index (χ1v) is 8.05. The summed E-state index contributed by atoms with van der Waals surface area (Å²) in [6.45, 7) is 4.70. The highest BCUT2D eigenvalue weighted by atomic mass is 16.5. The number of piperazine rings is 1. The van der Waals surface area contributed by atoms with Gasteiger partial charge in [0.2, 0.25) is 5.91 Å². The second-order valence-electron chi connectivity index (χ2n) is 5.95. The number of aromatic nitrogens is 2. The van der Waals surface area contributed by atoms with Crippen molar-refractivity contribution in [2.75, 3.05) is 26.7 Å². The molecule has 6 nitrogen and oxygen atoms in total. The van der Waals surface area contributed by atoms with Crippen LogP contribution in [0.4, 0.5) is 0 Å². The van der Waals surface area contributed by atoms with Crippen molar-refractivity contribution in [2.24, 2.45) is 0 Å². The molecule has 6 heteroatoms. The zero-order valence-electron chi connectivity index (χ0n) is 14.1. The van der Waals surface area contributed by atoms with Crippen LogP contribution in [-0.2, 0) is 11.3 Å². The maximum atomic E-state index is 12.1. The SMILES string of the molecule is COc1ccccc1[C@@H]1CN(Cc2cncnc2)CCN1C(C)=O. The third-order valence-corrected chi connectivity index (χ3v) is 4.39. The molecule has 0 N–H and O–H groups in total. The molecule has 0 saturated carbocycles. The van der Waals surface area contributed by atoms with Crippen molar-refractivity contribution in [3.63, 3.8) is 0 Å². The molecule has 1 amide bonds. The predicted octanol–water partition coefficient (Wildman–Crippen LogP) is 1.89. The lowest BCUT2D eigenvalue weighted by Crippen LogP contribution is -2.49. The standard InChI is InChI=1S/C18H22N4O2/c1-14(23)22-8-7-21(11-15-9-19-13-20-10-15)12-17(22)16-5-3-4-6-18(16)24-2/h3-6,9-10,13,17H,7-8,11-12H2,1-2H3/t17-/m0/s1. The summed E-state index contributed by atoms with van der Waals surface area (Å²) in [5, 5.41) is 0. The smallest absolute Gasteiger partial charge is 0.220 e. The molecule has 0 spiro atoms. The zero-order valence-corrected chi connectivity index (χ0v) is 14.1. The number of amides is 1. The van der Waals surface area contributed by atoms with E-state index < -0.39 is 0 Å². The van der Waals surface area contributed by atoms with Gasteiger partial charge >= 0.3 is 0 Å². The van der Waals surface area contributed by atoms with Crippen LogP contribution in [0.25, 0.3) is 0 Å². The van der Waals surface area contributed by atoms with Gasteiger partial charge in [0.1, 0.15) is 12.1 Å². The Bertz CT molecular complexity index is 692. The maximum Gasteiger partial charge on any atom is 0.220 e. The highest BCUT2D eigenvalue weighted by Crippen LogP contribution is 2.32. The Labute approximate surface area is 142 Å². The molecule has 2 aromatic rings. The predicted molar refractivity (Wildman–Crippen MR) is 90.4 cm³/mol. The average molecular weight is 326 g/mol. The highest BCUT2D eigenvalue weighted by molar-refractivity contribution is 5.74. The molecule has 0 aliphatic carbocycles. The van der Waals surface area contributed by atoms with Crippen molar-refractivity contribution in [1.29, 1.82) is 0 Å². The number of hydrogen-bond donors (Lipinski definition) is 0. The second kappa shape index (κ2) is 7.40. The van der Waals surface area contributed by atoms with E-state index >= 15 is 0 Å². The molecule has 0 unspecified atom stereocenters. The van der Waals surface area contributed by atoms with Crippen LogP contribution in [0.1, 0.15) is 24.1 Å². The highest BCUT2D eigenvalue weighted by Gasteiger charge is 2.31. The normalized spacial score (nSPS) is 18.4. The first kappa shape index (κ1) is 16.4. The van der Waals surface area contributed by atoms with Gasteiger partial charge in [0, 0.05) is 56.6 Å². The number of para-hydroxylation sites is 1. The van der Waals surface area contributed by atoms with E-state index in [9.17, 15) is 4.79 Å². The minimum atomic E-state index is -0.0166. The Morgan fingerprint density at radius 1 is 1.25 bits per heavy atom.